The summed E-state index contributed by atoms with van der Waals surface area (Å²) >= 11 is 4.41. The Balaban J connectivity index is 2.39. The van der Waals surface area contributed by atoms with Crippen molar-refractivity contribution >= 4 is 37.3 Å². The van der Waals surface area contributed by atoms with Crippen LogP contribution in [0.1, 0.15) is 19.3 Å². The van der Waals surface area contributed by atoms with Gasteiger partial charge < -0.3 is 0 Å². The molecule has 1 atom stereocenters. The molecule has 0 aliphatic carbocycles. The van der Waals surface area contributed by atoms with Gasteiger partial charge in [0.05, 0.1) is 6.07 Å². The molecule has 0 amide bonds. The molecule has 0 N–H and O–H groups in total. The first-order chi connectivity index (χ1) is 8.07. The Hall–Kier alpha value is -0.420. The molecule has 7 heteroatoms. The highest BCUT2D eigenvalue weighted by Gasteiger charge is 2.35. The third kappa shape index (κ3) is 2.40. The number of nitrogens with zero attached hydrogens (tertiary/aromatic N) is 2. The van der Waals surface area contributed by atoms with Crippen molar-refractivity contribution in [2.75, 3.05) is 6.54 Å². The Bertz CT molecular complexity index is 547. The zero-order chi connectivity index (χ0) is 12.5. The first kappa shape index (κ1) is 13.0. The van der Waals surface area contributed by atoms with E-state index in [9.17, 15) is 8.42 Å². The molecular formula is C10H11BrN2O2S2. The molecule has 0 saturated carbocycles. The maximum Gasteiger partial charge on any atom is 0.254 e. The van der Waals surface area contributed by atoms with Crippen LogP contribution in [0.5, 0.6) is 0 Å². The maximum absolute atomic E-state index is 12.4. The fourth-order valence-electron chi connectivity index (χ4n) is 1.89. The smallest absolute Gasteiger partial charge is 0.206 e. The first-order valence-corrected chi connectivity index (χ1v) is 8.33. The monoisotopic (exact) mass is 334 g/mol. The van der Waals surface area contributed by atoms with Crippen LogP contribution in [0.3, 0.4) is 0 Å². The minimum Gasteiger partial charge on any atom is -0.206 e. The summed E-state index contributed by atoms with van der Waals surface area (Å²) in [6, 6.07) is 3.26. The summed E-state index contributed by atoms with van der Waals surface area (Å²) in [4.78, 5) is 0. The lowest BCUT2D eigenvalue weighted by Crippen LogP contribution is -2.42. The average Bonchev–Trinajstić information content (AvgIpc) is 2.76. The minimum absolute atomic E-state index is 0.291. The Kier molecular flexibility index (Phi) is 3.88. The zero-order valence-corrected chi connectivity index (χ0v) is 12.2. The predicted molar refractivity (Wildman–Crippen MR) is 69.2 cm³/mol. The highest BCUT2D eigenvalue weighted by Crippen LogP contribution is 2.33. The van der Waals surface area contributed by atoms with Crippen LogP contribution in [0.4, 0.5) is 0 Å². The van der Waals surface area contributed by atoms with Gasteiger partial charge in [-0.15, -0.1) is 11.3 Å². The molecule has 0 spiro atoms. The Morgan fingerprint density at radius 2 is 2.29 bits per heavy atom. The van der Waals surface area contributed by atoms with Crippen molar-refractivity contribution in [3.8, 4) is 6.07 Å². The van der Waals surface area contributed by atoms with E-state index in [2.05, 4.69) is 22.0 Å². The number of hydrogen-bond donors (Lipinski definition) is 0. The number of halogens is 1. The second-order valence-electron chi connectivity index (χ2n) is 3.81. The summed E-state index contributed by atoms with van der Waals surface area (Å²) in [5, 5.41) is 10.8. The van der Waals surface area contributed by atoms with E-state index in [0.29, 0.717) is 21.6 Å². The quantitative estimate of drug-likeness (QED) is 0.835. The summed E-state index contributed by atoms with van der Waals surface area (Å²) in [6.45, 7) is 0.435. The fourth-order valence-corrected chi connectivity index (χ4v) is 5.93. The molecule has 1 aliphatic heterocycles. The average molecular weight is 335 g/mol. The van der Waals surface area contributed by atoms with E-state index in [-0.39, 0.29) is 0 Å². The molecule has 1 aromatic rings. The molecule has 92 valence electrons. The maximum atomic E-state index is 12.4. The SMILES string of the molecule is N#CC1CCCCN1S(=O)(=O)c1sccc1Br. The fraction of sp³-hybridized carbons (Fsp3) is 0.500. The lowest BCUT2D eigenvalue weighted by atomic mass is 10.1. The molecule has 0 radical (unpaired) electrons. The van der Waals surface area contributed by atoms with Gasteiger partial charge in [-0.05, 0) is 46.6 Å². The van der Waals surface area contributed by atoms with Crippen molar-refractivity contribution in [3.63, 3.8) is 0 Å². The predicted octanol–water partition coefficient (Wildman–Crippen LogP) is 2.58. The van der Waals surface area contributed by atoms with Crippen molar-refractivity contribution in [2.24, 2.45) is 0 Å². The Labute approximate surface area is 113 Å². The number of hydrogen-bond acceptors (Lipinski definition) is 4. The van der Waals surface area contributed by atoms with Crippen LogP contribution in [0, 0.1) is 11.3 Å². The first-order valence-electron chi connectivity index (χ1n) is 5.22. The van der Waals surface area contributed by atoms with Crippen molar-refractivity contribution < 1.29 is 8.42 Å². The van der Waals surface area contributed by atoms with Gasteiger partial charge in [-0.1, -0.05) is 0 Å². The van der Waals surface area contributed by atoms with Gasteiger partial charge in [-0.3, -0.25) is 0 Å². The van der Waals surface area contributed by atoms with Crippen LogP contribution < -0.4 is 0 Å². The van der Waals surface area contributed by atoms with E-state index in [1.165, 1.54) is 15.6 Å². The van der Waals surface area contributed by atoms with Gasteiger partial charge in [0.25, 0.3) is 10.0 Å². The zero-order valence-electron chi connectivity index (χ0n) is 8.97. The highest BCUT2D eigenvalue weighted by molar-refractivity contribution is 9.10. The van der Waals surface area contributed by atoms with Crippen LogP contribution in [0.25, 0.3) is 0 Å². The second-order valence-corrected chi connectivity index (χ2v) is 7.67. The largest absolute Gasteiger partial charge is 0.254 e. The standard InChI is InChI=1S/C10H11BrN2O2S2/c11-9-4-6-16-10(9)17(14,15)13-5-2-1-3-8(13)7-12/h4,6,8H,1-3,5H2. The third-order valence-corrected chi connectivity index (χ3v) is 7.29. The number of rotatable bonds is 2. The van der Waals surface area contributed by atoms with Gasteiger partial charge in [0.1, 0.15) is 10.3 Å². The van der Waals surface area contributed by atoms with Crippen LogP contribution in [0.15, 0.2) is 20.1 Å². The molecule has 0 bridgehead atoms. The van der Waals surface area contributed by atoms with Gasteiger partial charge in [0, 0.05) is 11.0 Å². The second kappa shape index (κ2) is 5.06. The highest BCUT2D eigenvalue weighted by atomic mass is 79.9. The Morgan fingerprint density at radius 3 is 2.88 bits per heavy atom. The van der Waals surface area contributed by atoms with Crippen LogP contribution in [-0.4, -0.2) is 25.3 Å². The molecule has 4 nitrogen and oxygen atoms in total. The molecule has 2 rings (SSSR count). The van der Waals surface area contributed by atoms with Gasteiger partial charge >= 0.3 is 0 Å². The summed E-state index contributed by atoms with van der Waals surface area (Å²) in [5.41, 5.74) is 0. The normalized spacial score (nSPS) is 22.2. The molecule has 1 saturated heterocycles. The van der Waals surface area contributed by atoms with E-state index < -0.39 is 16.1 Å². The topological polar surface area (TPSA) is 61.2 Å². The van der Waals surface area contributed by atoms with Gasteiger partial charge in [-0.25, -0.2) is 8.42 Å². The summed E-state index contributed by atoms with van der Waals surface area (Å²) in [7, 11) is -3.53. The number of sulfonamides is 1. The van der Waals surface area contributed by atoms with Crippen molar-refractivity contribution in [1.29, 1.82) is 5.26 Å². The summed E-state index contributed by atoms with van der Waals surface area (Å²) < 4.78 is 27.0. The van der Waals surface area contributed by atoms with Crippen molar-refractivity contribution in [3.05, 3.63) is 15.9 Å². The van der Waals surface area contributed by atoms with E-state index in [1.807, 2.05) is 0 Å². The van der Waals surface area contributed by atoms with Crippen LogP contribution in [0.2, 0.25) is 0 Å². The number of nitriles is 1. The molecule has 1 fully saturated rings. The van der Waals surface area contributed by atoms with E-state index in [4.69, 9.17) is 5.26 Å². The van der Waals surface area contributed by atoms with Crippen molar-refractivity contribution in [2.45, 2.75) is 29.5 Å². The minimum atomic E-state index is -3.53. The summed E-state index contributed by atoms with van der Waals surface area (Å²) in [6.07, 6.45) is 2.36. The molecule has 17 heavy (non-hydrogen) atoms. The molecule has 0 aromatic carbocycles. The van der Waals surface area contributed by atoms with Gasteiger partial charge in [0.2, 0.25) is 0 Å². The van der Waals surface area contributed by atoms with E-state index >= 15 is 0 Å². The number of thiophene rings is 1. The molecular weight excluding hydrogens is 324 g/mol. The van der Waals surface area contributed by atoms with Crippen LogP contribution >= 0.6 is 27.3 Å². The van der Waals surface area contributed by atoms with Gasteiger partial charge in [0.15, 0.2) is 0 Å². The molecule has 1 aromatic heterocycles. The van der Waals surface area contributed by atoms with Crippen molar-refractivity contribution in [1.82, 2.24) is 4.31 Å². The lowest BCUT2D eigenvalue weighted by Gasteiger charge is -2.29. The molecule has 1 aliphatic rings. The lowest BCUT2D eigenvalue weighted by molar-refractivity contribution is 0.297. The van der Waals surface area contributed by atoms with E-state index in [0.717, 1.165) is 12.8 Å². The summed E-state index contributed by atoms with van der Waals surface area (Å²) in [5.74, 6) is 0. The van der Waals surface area contributed by atoms with E-state index in [1.54, 1.807) is 11.4 Å². The Morgan fingerprint density at radius 1 is 1.53 bits per heavy atom. The third-order valence-electron chi connectivity index (χ3n) is 2.73. The van der Waals surface area contributed by atoms with Crippen LogP contribution in [-0.2, 0) is 10.0 Å². The molecule has 1 unspecified atom stereocenters. The molecule has 2 heterocycles. The number of piperidine rings is 1. The van der Waals surface area contributed by atoms with Gasteiger partial charge in [-0.2, -0.15) is 9.57 Å².